The van der Waals surface area contributed by atoms with Crippen LogP contribution < -0.4 is 0 Å². The third-order valence-corrected chi connectivity index (χ3v) is 50.1. The molecule has 314 valence electrons. The molecule has 0 aromatic heterocycles. The molecule has 1 fully saturated rings. The Hall–Kier alpha value is 1.73. The normalized spacial score (nSPS) is 21.6. The van der Waals surface area contributed by atoms with Gasteiger partial charge in [0.25, 0.3) is 0 Å². The van der Waals surface area contributed by atoms with Gasteiger partial charge in [-0.25, -0.2) is 0 Å². The van der Waals surface area contributed by atoms with E-state index in [4.69, 9.17) is 41.2 Å². The van der Waals surface area contributed by atoms with E-state index < -0.39 is 93.7 Å². The monoisotopic (exact) mass is 934 g/mol. The molecule has 0 spiro atoms. The lowest BCUT2D eigenvalue weighted by Crippen LogP contribution is -2.62. The van der Waals surface area contributed by atoms with E-state index >= 15 is 0 Å². The van der Waals surface area contributed by atoms with Crippen molar-refractivity contribution in [2.75, 3.05) is 0 Å². The fourth-order valence-electron chi connectivity index (χ4n) is 9.14. The number of rotatable bonds is 23. The maximum Gasteiger partial charge on any atom is 0.314 e. The Kier molecular flexibility index (Phi) is 16.7. The largest absolute Gasteiger partial charge is 0.437 e. The van der Waals surface area contributed by atoms with Crippen LogP contribution in [0.25, 0.3) is 0 Å². The van der Waals surface area contributed by atoms with E-state index in [0.29, 0.717) is 0 Å². The van der Waals surface area contributed by atoms with Gasteiger partial charge in [-0.1, -0.05) is 18.6 Å². The van der Waals surface area contributed by atoms with Crippen LogP contribution in [0.1, 0.15) is 19.3 Å². The summed E-state index contributed by atoms with van der Waals surface area (Å²) in [6.07, 6.45) is 8.89. The zero-order chi connectivity index (χ0) is 41.5. The Bertz CT molecular complexity index is 1250. The first kappa shape index (κ1) is 50.9. The second-order valence-corrected chi connectivity index (χ2v) is 62.7. The first-order valence-electron chi connectivity index (χ1n) is 19.8. The maximum atomic E-state index is 6.95. The minimum Gasteiger partial charge on any atom is -0.437 e. The minimum atomic E-state index is -2.70. The number of hydrogen-bond acceptors (Lipinski definition) is 10. The lowest BCUT2D eigenvalue weighted by Gasteiger charge is -2.45. The van der Waals surface area contributed by atoms with E-state index in [0.717, 1.165) is 17.8 Å². The van der Waals surface area contributed by atoms with Gasteiger partial charge < -0.3 is 41.2 Å². The van der Waals surface area contributed by atoms with Gasteiger partial charge in [0, 0.05) is 0 Å². The highest BCUT2D eigenvalue weighted by Crippen LogP contribution is 2.46. The van der Waals surface area contributed by atoms with Crippen molar-refractivity contribution in [3.63, 3.8) is 0 Å². The Labute approximate surface area is 338 Å². The van der Waals surface area contributed by atoms with Gasteiger partial charge in [0.1, 0.15) is 0 Å². The predicted molar refractivity (Wildman–Crippen MR) is 247 cm³/mol. The lowest BCUT2D eigenvalue weighted by molar-refractivity contribution is 0.255. The van der Waals surface area contributed by atoms with E-state index in [1.54, 1.807) is 0 Å². The summed E-state index contributed by atoms with van der Waals surface area (Å²) in [5.41, 5.74) is 0. The van der Waals surface area contributed by atoms with E-state index in [1.165, 1.54) is 25.3 Å². The Balaban J connectivity index is 1.97. The molecule has 3 atom stereocenters. The van der Waals surface area contributed by atoms with Crippen LogP contribution in [0.2, 0.25) is 157 Å². The molecule has 1 saturated carbocycles. The van der Waals surface area contributed by atoms with Gasteiger partial charge in [0.05, 0.1) is 0 Å². The van der Waals surface area contributed by atoms with Crippen molar-refractivity contribution < 1.29 is 41.2 Å². The van der Waals surface area contributed by atoms with Crippen LogP contribution in [0.3, 0.4) is 0 Å². The molecule has 3 unspecified atom stereocenters. The molecule has 0 aliphatic heterocycles. The van der Waals surface area contributed by atoms with Crippen LogP contribution in [-0.4, -0.2) is 93.7 Å². The van der Waals surface area contributed by atoms with Gasteiger partial charge in [-0.3, -0.25) is 0 Å². The zero-order valence-corrected chi connectivity index (χ0v) is 49.3. The Morgan fingerprint density at radius 3 is 0.887 bits per heavy atom. The van der Waals surface area contributed by atoms with Crippen molar-refractivity contribution in [2.24, 2.45) is 17.8 Å². The topological polar surface area (TPSA) is 92.3 Å². The molecular formula is C32H82O10Si11. The summed E-state index contributed by atoms with van der Waals surface area (Å²) in [5.74, 6) is 2.44. The standard InChI is InChI=1S/C32H82O10Si11/c1-43(2,3)33-45(6,7)35-47(10,11)37-49(14,15)39-51(18,19)41-53(22,23)42-52(20,21)40-50(16,17)38-48(12,13)36-46(8,9)34-44(4,5)27-26-32-29-30-24-25-31(32)28-30/h24-25,30-32H,26-29H2,1-23H3. The van der Waals surface area contributed by atoms with Crippen molar-refractivity contribution in [3.8, 4) is 0 Å². The van der Waals surface area contributed by atoms with Gasteiger partial charge in [-0.2, -0.15) is 0 Å². The van der Waals surface area contributed by atoms with Gasteiger partial charge in [0.2, 0.25) is 0 Å². The molecule has 2 bridgehead atoms. The molecule has 0 radical (unpaired) electrons. The van der Waals surface area contributed by atoms with Crippen molar-refractivity contribution in [1.29, 1.82) is 0 Å². The fourth-order valence-corrected chi connectivity index (χ4v) is 64.6. The number of allylic oxidation sites excluding steroid dienone is 2. The fraction of sp³-hybridized carbons (Fsp3) is 0.938. The van der Waals surface area contributed by atoms with E-state index in [2.05, 4.69) is 163 Å². The third kappa shape index (κ3) is 20.0. The molecule has 0 N–H and O–H groups in total. The summed E-state index contributed by atoms with van der Waals surface area (Å²) in [4.78, 5) is 0. The van der Waals surface area contributed by atoms with E-state index in [1.807, 2.05) is 0 Å². The predicted octanol–water partition coefficient (Wildman–Crippen LogP) is 11.1. The molecule has 2 aliphatic rings. The average molecular weight is 936 g/mol. The first-order chi connectivity index (χ1) is 23.1. The lowest BCUT2D eigenvalue weighted by atomic mass is 9.91. The van der Waals surface area contributed by atoms with Crippen LogP contribution in [0.5, 0.6) is 0 Å². The Morgan fingerprint density at radius 2 is 0.642 bits per heavy atom. The summed E-state index contributed by atoms with van der Waals surface area (Å²) in [5, 5.41) is 0. The molecule has 0 amide bonds. The summed E-state index contributed by atoms with van der Waals surface area (Å²) in [7, 11) is -27.0. The van der Waals surface area contributed by atoms with Crippen LogP contribution in [0.15, 0.2) is 12.2 Å². The molecule has 0 aromatic rings. The smallest absolute Gasteiger partial charge is 0.314 e. The molecule has 53 heavy (non-hydrogen) atoms. The summed E-state index contributed by atoms with van der Waals surface area (Å²) < 4.78 is 67.8. The van der Waals surface area contributed by atoms with Crippen LogP contribution >= 0.6 is 0 Å². The molecule has 2 rings (SSSR count). The van der Waals surface area contributed by atoms with Crippen molar-refractivity contribution >= 4 is 93.7 Å². The molecule has 0 aromatic carbocycles. The van der Waals surface area contributed by atoms with E-state index in [-0.39, 0.29) is 0 Å². The second kappa shape index (κ2) is 17.4. The molecular weight excluding hydrogens is 853 g/mol. The van der Waals surface area contributed by atoms with Crippen LogP contribution in [0.4, 0.5) is 0 Å². The quantitative estimate of drug-likeness (QED) is 0.0728. The van der Waals surface area contributed by atoms with Gasteiger partial charge >= 0.3 is 77.0 Å². The number of fused-ring (bicyclic) bond motifs is 2. The van der Waals surface area contributed by atoms with Gasteiger partial charge in [-0.15, -0.1) is 0 Å². The summed E-state index contributed by atoms with van der Waals surface area (Å²) >= 11 is 0. The van der Waals surface area contributed by atoms with Crippen molar-refractivity contribution in [2.45, 2.75) is 176 Å². The minimum absolute atomic E-state index is 0.791. The highest BCUT2D eigenvalue weighted by Gasteiger charge is 2.51. The summed E-state index contributed by atoms with van der Waals surface area (Å²) in [6, 6.07) is 1.18. The van der Waals surface area contributed by atoms with Gasteiger partial charge in [-0.05, 0) is 187 Å². The SMILES string of the molecule is C[Si](C)(C)O[Si](C)(C)O[Si](C)(C)O[Si](C)(C)O[Si](C)(C)O[Si](C)(C)O[Si](C)(C)O[Si](C)(C)O[Si](C)(C)O[Si](C)(C)O[Si](C)(C)CCC1CC2C=CC1C2. The zero-order valence-electron chi connectivity index (χ0n) is 38.3. The maximum absolute atomic E-state index is 6.95. The molecule has 2 aliphatic carbocycles. The molecule has 0 saturated heterocycles. The molecule has 0 heterocycles. The van der Waals surface area contributed by atoms with Crippen molar-refractivity contribution in [3.05, 3.63) is 12.2 Å². The first-order valence-corrected chi connectivity index (χ1v) is 51.7. The Morgan fingerprint density at radius 1 is 0.358 bits per heavy atom. The highest BCUT2D eigenvalue weighted by atomic mass is 28.5. The van der Waals surface area contributed by atoms with E-state index in [9.17, 15) is 0 Å². The van der Waals surface area contributed by atoms with Crippen LogP contribution in [0, 0.1) is 17.8 Å². The summed E-state index contributed by atoms with van der Waals surface area (Å²) in [6.45, 7) is 49.3. The van der Waals surface area contributed by atoms with Crippen molar-refractivity contribution in [1.82, 2.24) is 0 Å². The van der Waals surface area contributed by atoms with Crippen LogP contribution in [-0.2, 0) is 41.2 Å². The molecule has 21 heteroatoms. The second-order valence-electron chi connectivity index (χ2n) is 21.1. The third-order valence-electron chi connectivity index (χ3n) is 8.54. The van der Waals surface area contributed by atoms with Gasteiger partial charge in [0.15, 0.2) is 16.6 Å². The highest BCUT2D eigenvalue weighted by molar-refractivity contribution is 6.93. The molecule has 10 nitrogen and oxygen atoms in total. The number of hydrogen-bond donors (Lipinski definition) is 0. The average Bonchev–Trinajstić information content (AvgIpc) is 3.36.